The maximum atomic E-state index is 12.9. The van der Waals surface area contributed by atoms with Crippen molar-refractivity contribution in [2.45, 2.75) is 13.5 Å². The first-order chi connectivity index (χ1) is 14.6. The molecule has 9 heteroatoms. The lowest BCUT2D eigenvalue weighted by atomic mass is 10.2. The quantitative estimate of drug-likeness (QED) is 0.561. The molecule has 1 aliphatic rings. The van der Waals surface area contributed by atoms with E-state index in [1.54, 1.807) is 22.9 Å². The fraction of sp³-hybridized carbons (Fsp3) is 0.143. The van der Waals surface area contributed by atoms with E-state index in [0.717, 1.165) is 11.3 Å². The Kier molecular flexibility index (Phi) is 4.20. The summed E-state index contributed by atoms with van der Waals surface area (Å²) in [5, 5.41) is 7.42. The molecule has 4 aromatic rings. The second kappa shape index (κ2) is 7.03. The Morgan fingerprint density at radius 2 is 2.00 bits per heavy atom. The zero-order valence-corrected chi connectivity index (χ0v) is 16.0. The van der Waals surface area contributed by atoms with Gasteiger partial charge in [0.25, 0.3) is 5.56 Å². The Bertz CT molecular complexity index is 1340. The Morgan fingerprint density at radius 1 is 1.17 bits per heavy atom. The third-order valence-electron chi connectivity index (χ3n) is 4.87. The van der Waals surface area contributed by atoms with Crippen molar-refractivity contribution in [3.05, 3.63) is 70.9 Å². The van der Waals surface area contributed by atoms with Gasteiger partial charge < -0.3 is 14.8 Å². The molecule has 30 heavy (non-hydrogen) atoms. The van der Waals surface area contributed by atoms with Gasteiger partial charge in [-0.1, -0.05) is 18.2 Å². The van der Waals surface area contributed by atoms with Crippen LogP contribution in [0.25, 0.3) is 16.7 Å². The number of aromatic nitrogens is 4. The van der Waals surface area contributed by atoms with Crippen LogP contribution in [-0.4, -0.2) is 32.0 Å². The molecule has 0 spiro atoms. The third kappa shape index (κ3) is 3.06. The van der Waals surface area contributed by atoms with Crippen molar-refractivity contribution in [2.75, 3.05) is 12.1 Å². The van der Waals surface area contributed by atoms with Crippen molar-refractivity contribution in [1.82, 2.24) is 19.3 Å². The number of aryl methyl sites for hydroxylation is 1. The second-order valence-electron chi connectivity index (χ2n) is 6.87. The molecule has 0 unspecified atom stereocenters. The van der Waals surface area contributed by atoms with E-state index in [0.29, 0.717) is 28.2 Å². The van der Waals surface area contributed by atoms with E-state index in [-0.39, 0.29) is 24.8 Å². The highest BCUT2D eigenvalue weighted by atomic mass is 16.7. The zero-order valence-electron chi connectivity index (χ0n) is 16.0. The third-order valence-corrected chi connectivity index (χ3v) is 4.87. The van der Waals surface area contributed by atoms with Gasteiger partial charge in [0.1, 0.15) is 18.3 Å². The Hall–Kier alpha value is -4.14. The molecule has 5 rings (SSSR count). The van der Waals surface area contributed by atoms with Crippen molar-refractivity contribution < 1.29 is 14.3 Å². The zero-order chi connectivity index (χ0) is 20.7. The average molecular weight is 403 g/mol. The normalized spacial score (nSPS) is 12.3. The highest BCUT2D eigenvalue weighted by Gasteiger charge is 2.16. The predicted octanol–water partition coefficient (Wildman–Crippen LogP) is 2.26. The number of rotatable bonds is 4. The first-order valence-electron chi connectivity index (χ1n) is 9.29. The number of hydrogen-bond acceptors (Lipinski definition) is 6. The van der Waals surface area contributed by atoms with Gasteiger partial charge in [0.15, 0.2) is 17.1 Å². The molecule has 9 nitrogen and oxygen atoms in total. The molecule has 0 aliphatic carbocycles. The first-order valence-corrected chi connectivity index (χ1v) is 9.29. The summed E-state index contributed by atoms with van der Waals surface area (Å²) in [5.74, 6) is 0.838. The molecule has 1 N–H and O–H groups in total. The lowest BCUT2D eigenvalue weighted by Gasteiger charge is -2.09. The number of ether oxygens (including phenoxy) is 2. The van der Waals surface area contributed by atoms with Gasteiger partial charge in [0.05, 0.1) is 11.9 Å². The highest BCUT2D eigenvalue weighted by Crippen LogP contribution is 2.34. The van der Waals surface area contributed by atoms with Crippen molar-refractivity contribution in [1.29, 1.82) is 0 Å². The van der Waals surface area contributed by atoms with Crippen LogP contribution in [0.5, 0.6) is 11.5 Å². The molecule has 1 aliphatic heterocycles. The predicted molar refractivity (Wildman–Crippen MR) is 109 cm³/mol. The topological polar surface area (TPSA) is 100 Å². The summed E-state index contributed by atoms with van der Waals surface area (Å²) in [6, 6.07) is 12.8. The molecule has 1 amide bonds. The number of hydrogen-bond donors (Lipinski definition) is 1. The lowest BCUT2D eigenvalue weighted by molar-refractivity contribution is -0.116. The van der Waals surface area contributed by atoms with Gasteiger partial charge >= 0.3 is 0 Å². The maximum Gasteiger partial charge on any atom is 0.264 e. The van der Waals surface area contributed by atoms with Crippen LogP contribution in [0.3, 0.4) is 0 Å². The van der Waals surface area contributed by atoms with Gasteiger partial charge in [-0.25, -0.2) is 9.67 Å². The van der Waals surface area contributed by atoms with Crippen LogP contribution in [0.15, 0.2) is 59.8 Å². The number of nitrogens with zero attached hydrogens (tertiary/aromatic N) is 4. The number of anilines is 1. The number of benzene rings is 2. The Morgan fingerprint density at radius 3 is 2.87 bits per heavy atom. The van der Waals surface area contributed by atoms with E-state index in [2.05, 4.69) is 15.4 Å². The van der Waals surface area contributed by atoms with E-state index < -0.39 is 0 Å². The maximum absolute atomic E-state index is 12.9. The minimum atomic E-state index is -0.358. The summed E-state index contributed by atoms with van der Waals surface area (Å²) in [6.45, 7) is 1.94. The first kappa shape index (κ1) is 17.9. The van der Waals surface area contributed by atoms with Gasteiger partial charge in [-0.15, -0.1) is 0 Å². The molecule has 2 aromatic carbocycles. The molecule has 0 radical (unpaired) electrons. The number of nitrogens with one attached hydrogen (secondary N) is 1. The van der Waals surface area contributed by atoms with Crippen molar-refractivity contribution in [2.24, 2.45) is 0 Å². The Balaban J connectivity index is 1.40. The minimum absolute atomic E-state index is 0.157. The van der Waals surface area contributed by atoms with Crippen LogP contribution in [0.2, 0.25) is 0 Å². The van der Waals surface area contributed by atoms with Crippen LogP contribution >= 0.6 is 0 Å². The summed E-state index contributed by atoms with van der Waals surface area (Å²) < 4.78 is 13.4. The fourth-order valence-corrected chi connectivity index (χ4v) is 3.37. The van der Waals surface area contributed by atoms with E-state index in [9.17, 15) is 9.59 Å². The number of amides is 1. The van der Waals surface area contributed by atoms with Gasteiger partial charge in [0, 0.05) is 11.8 Å². The number of carbonyl (C=O) groups excluding carboxylic acids is 1. The standard InChI is InChI=1S/C21H17N5O4/c1-13-4-2-3-5-16(13)26-20-15(9-23-26)21(28)25(11-22-20)10-19(27)24-14-6-7-17-18(8-14)30-12-29-17/h2-9,11H,10,12H2,1H3,(H,24,27). The van der Waals surface area contributed by atoms with Crippen LogP contribution in [-0.2, 0) is 11.3 Å². The van der Waals surface area contributed by atoms with E-state index in [4.69, 9.17) is 9.47 Å². The summed E-state index contributed by atoms with van der Waals surface area (Å²) in [5.41, 5.74) is 2.52. The van der Waals surface area contributed by atoms with Gasteiger partial charge in [-0.05, 0) is 30.7 Å². The molecule has 0 atom stereocenters. The number of fused-ring (bicyclic) bond motifs is 2. The molecule has 2 aromatic heterocycles. The molecule has 150 valence electrons. The van der Waals surface area contributed by atoms with Crippen LogP contribution in [0.1, 0.15) is 5.56 Å². The number of para-hydroxylation sites is 1. The highest BCUT2D eigenvalue weighted by molar-refractivity contribution is 5.91. The molecular formula is C21H17N5O4. The molecular weight excluding hydrogens is 386 g/mol. The van der Waals surface area contributed by atoms with Gasteiger partial charge in [-0.2, -0.15) is 5.10 Å². The summed E-state index contributed by atoms with van der Waals surface area (Å²) in [6.07, 6.45) is 2.84. The molecule has 0 saturated heterocycles. The lowest BCUT2D eigenvalue weighted by Crippen LogP contribution is -2.27. The van der Waals surface area contributed by atoms with Crippen LogP contribution < -0.4 is 20.3 Å². The van der Waals surface area contributed by atoms with Crippen molar-refractivity contribution in [3.63, 3.8) is 0 Å². The fourth-order valence-electron chi connectivity index (χ4n) is 3.37. The van der Waals surface area contributed by atoms with Crippen molar-refractivity contribution >= 4 is 22.6 Å². The van der Waals surface area contributed by atoms with Crippen molar-refractivity contribution in [3.8, 4) is 17.2 Å². The summed E-state index contributed by atoms with van der Waals surface area (Å²) >= 11 is 0. The largest absolute Gasteiger partial charge is 0.454 e. The van der Waals surface area contributed by atoms with E-state index in [1.807, 2.05) is 31.2 Å². The molecule has 3 heterocycles. The van der Waals surface area contributed by atoms with E-state index >= 15 is 0 Å². The number of carbonyl (C=O) groups is 1. The smallest absolute Gasteiger partial charge is 0.264 e. The summed E-state index contributed by atoms with van der Waals surface area (Å²) in [4.78, 5) is 29.7. The SMILES string of the molecule is Cc1ccccc1-n1ncc2c(=O)n(CC(=O)Nc3ccc4c(c3)OCO4)cnc21. The van der Waals surface area contributed by atoms with Gasteiger partial charge in [-0.3, -0.25) is 14.2 Å². The molecule has 0 bridgehead atoms. The average Bonchev–Trinajstić information content (AvgIpc) is 3.37. The van der Waals surface area contributed by atoms with Crippen LogP contribution in [0, 0.1) is 6.92 Å². The monoisotopic (exact) mass is 403 g/mol. The van der Waals surface area contributed by atoms with E-state index in [1.165, 1.54) is 17.1 Å². The second-order valence-corrected chi connectivity index (χ2v) is 6.87. The van der Waals surface area contributed by atoms with Gasteiger partial charge in [0.2, 0.25) is 12.7 Å². The molecule has 0 saturated carbocycles. The van der Waals surface area contributed by atoms with Crippen LogP contribution in [0.4, 0.5) is 5.69 Å². The Labute approximate surface area is 170 Å². The minimum Gasteiger partial charge on any atom is -0.454 e. The molecule has 0 fully saturated rings. The summed E-state index contributed by atoms with van der Waals surface area (Å²) in [7, 11) is 0.